The number of amides is 1. The fourth-order valence-corrected chi connectivity index (χ4v) is 4.77. The summed E-state index contributed by atoms with van der Waals surface area (Å²) in [6.07, 6.45) is 5.99. The zero-order chi connectivity index (χ0) is 23.2. The quantitative estimate of drug-likeness (QED) is 0.467. The molecular weight excluding hydrogens is 434 g/mol. The highest BCUT2D eigenvalue weighted by Gasteiger charge is 2.27. The Morgan fingerprint density at radius 1 is 1.24 bits per heavy atom. The molecule has 10 heteroatoms. The fourth-order valence-electron chi connectivity index (χ4n) is 4.77. The van der Waals surface area contributed by atoms with Crippen LogP contribution in [0.4, 0.5) is 5.82 Å². The molecule has 0 unspecified atom stereocenters. The first kappa shape index (κ1) is 20.9. The van der Waals surface area contributed by atoms with Crippen LogP contribution in [0.25, 0.3) is 28.1 Å². The lowest BCUT2D eigenvalue weighted by molar-refractivity contribution is -0.119. The molecule has 6 heterocycles. The summed E-state index contributed by atoms with van der Waals surface area (Å²) < 4.78 is 13.8. The summed E-state index contributed by atoms with van der Waals surface area (Å²) in [6, 6.07) is 8.10. The van der Waals surface area contributed by atoms with Crippen LogP contribution < -0.4 is 15.0 Å². The van der Waals surface area contributed by atoms with Crippen molar-refractivity contribution >= 4 is 28.3 Å². The third-order valence-corrected chi connectivity index (χ3v) is 6.73. The molecular formula is C24H27N7O3. The van der Waals surface area contributed by atoms with Gasteiger partial charge in [-0.25, -0.2) is 14.5 Å². The molecule has 34 heavy (non-hydrogen) atoms. The number of furan rings is 1. The Balaban J connectivity index is 1.29. The minimum Gasteiger partial charge on any atom is -0.474 e. The minimum absolute atomic E-state index is 0.0197. The first-order valence-electron chi connectivity index (χ1n) is 11.6. The molecule has 4 aromatic rings. The third-order valence-electron chi connectivity index (χ3n) is 6.73. The van der Waals surface area contributed by atoms with Gasteiger partial charge in [0.2, 0.25) is 11.8 Å². The minimum atomic E-state index is 0.0197. The van der Waals surface area contributed by atoms with Gasteiger partial charge >= 0.3 is 0 Å². The molecule has 1 N–H and O–H groups in total. The van der Waals surface area contributed by atoms with Gasteiger partial charge in [0.25, 0.3) is 0 Å². The number of carbonyl (C=O) groups excluding carboxylic acids is 1. The van der Waals surface area contributed by atoms with E-state index in [-0.39, 0.29) is 11.9 Å². The Bertz CT molecular complexity index is 1360. The molecule has 2 atom stereocenters. The van der Waals surface area contributed by atoms with Gasteiger partial charge in [0, 0.05) is 37.8 Å². The number of anilines is 1. The molecule has 2 fully saturated rings. The van der Waals surface area contributed by atoms with Crippen LogP contribution in [0.15, 0.2) is 41.1 Å². The SMILES string of the molecule is CN(C)[C@@H]1CCN(c2nccc3oc(-c4cnc5ccc(OC[C@H]6CCC(=O)N6)nn45)cc23)C1. The monoisotopic (exact) mass is 461 g/mol. The number of pyridine rings is 1. The summed E-state index contributed by atoms with van der Waals surface area (Å²) in [7, 11) is 4.25. The van der Waals surface area contributed by atoms with E-state index >= 15 is 0 Å². The number of nitrogens with zero attached hydrogens (tertiary/aromatic N) is 6. The lowest BCUT2D eigenvalue weighted by Crippen LogP contribution is -2.31. The van der Waals surface area contributed by atoms with Gasteiger partial charge in [-0.15, -0.1) is 5.10 Å². The van der Waals surface area contributed by atoms with Crippen LogP contribution in [0.5, 0.6) is 5.88 Å². The number of ether oxygens (including phenoxy) is 1. The van der Waals surface area contributed by atoms with Crippen LogP contribution in [0.2, 0.25) is 0 Å². The molecule has 2 aliphatic heterocycles. The number of nitrogens with one attached hydrogen (secondary N) is 1. The van der Waals surface area contributed by atoms with Crippen molar-refractivity contribution in [2.75, 3.05) is 38.7 Å². The van der Waals surface area contributed by atoms with Gasteiger partial charge in [-0.3, -0.25) is 4.79 Å². The zero-order valence-electron chi connectivity index (χ0n) is 19.3. The number of rotatable bonds is 6. The van der Waals surface area contributed by atoms with E-state index in [4.69, 9.17) is 9.15 Å². The van der Waals surface area contributed by atoms with Crippen molar-refractivity contribution in [2.24, 2.45) is 0 Å². The van der Waals surface area contributed by atoms with Crippen molar-refractivity contribution in [3.63, 3.8) is 0 Å². The number of imidazole rings is 1. The van der Waals surface area contributed by atoms with Gasteiger partial charge < -0.3 is 24.3 Å². The molecule has 0 saturated carbocycles. The second-order valence-corrected chi connectivity index (χ2v) is 9.21. The van der Waals surface area contributed by atoms with Crippen LogP contribution >= 0.6 is 0 Å². The van der Waals surface area contributed by atoms with Gasteiger partial charge in [0.05, 0.1) is 17.6 Å². The van der Waals surface area contributed by atoms with Crippen LogP contribution in [0.1, 0.15) is 19.3 Å². The van der Waals surface area contributed by atoms with E-state index in [2.05, 4.69) is 44.3 Å². The van der Waals surface area contributed by atoms with Crippen molar-refractivity contribution in [3.05, 3.63) is 36.7 Å². The van der Waals surface area contributed by atoms with Crippen LogP contribution in [0, 0.1) is 0 Å². The summed E-state index contributed by atoms with van der Waals surface area (Å²) in [5.74, 6) is 2.16. The molecule has 176 valence electrons. The average Bonchev–Trinajstić information content (AvgIpc) is 3.62. The topological polar surface area (TPSA) is 101 Å². The average molecular weight is 462 g/mol. The van der Waals surface area contributed by atoms with Gasteiger partial charge in [-0.2, -0.15) is 0 Å². The Labute approximate surface area is 196 Å². The van der Waals surface area contributed by atoms with E-state index in [1.54, 1.807) is 23.0 Å². The summed E-state index contributed by atoms with van der Waals surface area (Å²) in [5, 5.41) is 8.51. The largest absolute Gasteiger partial charge is 0.474 e. The predicted molar refractivity (Wildman–Crippen MR) is 127 cm³/mol. The highest BCUT2D eigenvalue weighted by molar-refractivity contribution is 5.92. The first-order chi connectivity index (χ1) is 16.5. The number of aromatic nitrogens is 4. The second-order valence-electron chi connectivity index (χ2n) is 9.21. The first-order valence-corrected chi connectivity index (χ1v) is 11.6. The van der Waals surface area contributed by atoms with Crippen molar-refractivity contribution in [1.82, 2.24) is 29.8 Å². The van der Waals surface area contributed by atoms with Gasteiger partial charge in [0.15, 0.2) is 11.4 Å². The van der Waals surface area contributed by atoms with Crippen molar-refractivity contribution in [1.29, 1.82) is 0 Å². The highest BCUT2D eigenvalue weighted by atomic mass is 16.5. The fraction of sp³-hybridized carbons (Fsp3) is 0.417. The lowest BCUT2D eigenvalue weighted by atomic mass is 10.2. The number of hydrogen-bond donors (Lipinski definition) is 1. The molecule has 0 aliphatic carbocycles. The lowest BCUT2D eigenvalue weighted by Gasteiger charge is -2.21. The van der Waals surface area contributed by atoms with Crippen LogP contribution in [-0.4, -0.2) is 76.3 Å². The Hall–Kier alpha value is -3.66. The Morgan fingerprint density at radius 3 is 2.94 bits per heavy atom. The maximum absolute atomic E-state index is 11.4. The summed E-state index contributed by atoms with van der Waals surface area (Å²) in [4.78, 5) is 25.2. The molecule has 4 aromatic heterocycles. The molecule has 0 aromatic carbocycles. The van der Waals surface area contributed by atoms with E-state index in [1.165, 1.54) is 0 Å². The summed E-state index contributed by atoms with van der Waals surface area (Å²) >= 11 is 0. The summed E-state index contributed by atoms with van der Waals surface area (Å²) in [6.45, 7) is 2.30. The molecule has 0 radical (unpaired) electrons. The number of carbonyl (C=O) groups is 1. The molecule has 0 spiro atoms. The standard InChI is InChI=1S/C24H27N7O3/c1-29(2)16-8-10-30(13-16)24-17-11-20(34-19(17)7-9-25-24)18-12-26-21-4-6-23(28-31(18)21)33-14-15-3-5-22(32)27-15/h4,6-7,9,11-12,15-16H,3,5,8,10,13-14H2,1-2H3,(H,27,32)/t15-,16-/m1/s1. The highest BCUT2D eigenvalue weighted by Crippen LogP contribution is 2.34. The van der Waals surface area contributed by atoms with Gasteiger partial charge in [-0.05, 0) is 45.1 Å². The smallest absolute Gasteiger partial charge is 0.231 e. The normalized spacial score (nSPS) is 20.7. The third kappa shape index (κ3) is 3.73. The van der Waals surface area contributed by atoms with Crippen molar-refractivity contribution in [2.45, 2.75) is 31.3 Å². The van der Waals surface area contributed by atoms with E-state index in [0.29, 0.717) is 36.4 Å². The van der Waals surface area contributed by atoms with Crippen molar-refractivity contribution in [3.8, 4) is 17.3 Å². The predicted octanol–water partition coefficient (Wildman–Crippen LogP) is 2.34. The molecule has 0 bridgehead atoms. The van der Waals surface area contributed by atoms with Crippen molar-refractivity contribution < 1.29 is 13.9 Å². The molecule has 2 aliphatic rings. The maximum Gasteiger partial charge on any atom is 0.231 e. The molecule has 6 rings (SSSR count). The van der Waals surface area contributed by atoms with Crippen LogP contribution in [-0.2, 0) is 4.79 Å². The summed E-state index contributed by atoms with van der Waals surface area (Å²) in [5.41, 5.74) is 2.22. The Kier molecular flexibility index (Phi) is 5.09. The second kappa shape index (κ2) is 8.28. The van der Waals surface area contributed by atoms with E-state index in [0.717, 1.165) is 48.4 Å². The number of hydrogen-bond acceptors (Lipinski definition) is 8. The maximum atomic E-state index is 11.4. The van der Waals surface area contributed by atoms with Gasteiger partial charge in [-0.1, -0.05) is 0 Å². The zero-order valence-corrected chi connectivity index (χ0v) is 19.3. The number of fused-ring (bicyclic) bond motifs is 2. The van der Waals surface area contributed by atoms with Crippen LogP contribution in [0.3, 0.4) is 0 Å². The molecule has 1 amide bonds. The number of likely N-dealkylation sites (N-methyl/N-ethyl adjacent to an activating group) is 1. The Morgan fingerprint density at radius 2 is 2.15 bits per heavy atom. The molecule has 2 saturated heterocycles. The van der Waals surface area contributed by atoms with E-state index < -0.39 is 0 Å². The molecule has 10 nitrogen and oxygen atoms in total. The van der Waals surface area contributed by atoms with E-state index in [1.807, 2.05) is 18.2 Å². The van der Waals surface area contributed by atoms with Gasteiger partial charge in [0.1, 0.15) is 23.7 Å². The van der Waals surface area contributed by atoms with E-state index in [9.17, 15) is 4.79 Å².